The molecule has 0 unspecified atom stereocenters. The molecule has 7 nitrogen and oxygen atoms in total. The van der Waals surface area contributed by atoms with E-state index in [9.17, 15) is 14.9 Å². The zero-order valence-corrected chi connectivity index (χ0v) is 16.5. The molecule has 0 aromatic heterocycles. The van der Waals surface area contributed by atoms with Gasteiger partial charge < -0.3 is 14.8 Å². The minimum absolute atomic E-state index is 0.0989. The van der Waals surface area contributed by atoms with Crippen molar-refractivity contribution in [3.63, 3.8) is 0 Å². The molecule has 1 aromatic rings. The van der Waals surface area contributed by atoms with Crippen LogP contribution in [0.15, 0.2) is 18.2 Å². The Kier molecular flexibility index (Phi) is 4.93. The molecule has 4 bridgehead atoms. The number of benzene rings is 1. The number of ether oxygens (including phenoxy) is 2. The van der Waals surface area contributed by atoms with Gasteiger partial charge in [-0.2, -0.15) is 0 Å². The number of carbonyl (C=O) groups excluding carboxylic acids is 1. The predicted molar refractivity (Wildman–Crippen MR) is 103 cm³/mol. The molecule has 0 radical (unpaired) electrons. The van der Waals surface area contributed by atoms with Crippen LogP contribution in [0.3, 0.4) is 0 Å². The fourth-order valence-electron chi connectivity index (χ4n) is 6.18. The maximum Gasteiger partial charge on any atom is 0.273 e. The van der Waals surface area contributed by atoms with Crippen molar-refractivity contribution in [1.29, 1.82) is 0 Å². The second-order valence-electron chi connectivity index (χ2n) is 8.95. The van der Waals surface area contributed by atoms with Crippen molar-refractivity contribution in [2.75, 3.05) is 13.7 Å². The number of carbonyl (C=O) groups is 1. The SMILES string of the molecule is COc1ccc([N+](=O)[O-])cc1OCC(=O)N[C@@H](C)C12CC3CC(CC(C3)C1)C2. The van der Waals surface area contributed by atoms with Crippen LogP contribution in [0.1, 0.15) is 45.4 Å². The van der Waals surface area contributed by atoms with Gasteiger partial charge in [0, 0.05) is 12.1 Å². The maximum absolute atomic E-state index is 12.5. The number of amides is 1. The Balaban J connectivity index is 1.37. The molecule has 1 N–H and O–H groups in total. The van der Waals surface area contributed by atoms with Crippen molar-refractivity contribution < 1.29 is 19.2 Å². The molecule has 4 aliphatic rings. The minimum atomic E-state index is -0.499. The Morgan fingerprint density at radius 3 is 2.36 bits per heavy atom. The van der Waals surface area contributed by atoms with E-state index < -0.39 is 4.92 Å². The molecule has 0 saturated heterocycles. The Morgan fingerprint density at radius 2 is 1.82 bits per heavy atom. The van der Waals surface area contributed by atoms with E-state index in [1.165, 1.54) is 63.8 Å². The number of rotatable bonds is 7. The fourth-order valence-corrected chi connectivity index (χ4v) is 6.18. The number of nitrogens with zero attached hydrogens (tertiary/aromatic N) is 1. The Bertz CT molecular complexity index is 743. The second kappa shape index (κ2) is 7.26. The first kappa shape index (κ1) is 19.0. The number of hydrogen-bond acceptors (Lipinski definition) is 5. The highest BCUT2D eigenvalue weighted by atomic mass is 16.6. The highest BCUT2D eigenvalue weighted by Crippen LogP contribution is 2.61. The van der Waals surface area contributed by atoms with Gasteiger partial charge in [-0.05, 0) is 74.7 Å². The molecular weight excluding hydrogens is 360 g/mol. The number of methoxy groups -OCH3 is 1. The monoisotopic (exact) mass is 388 g/mol. The molecule has 4 aliphatic carbocycles. The van der Waals surface area contributed by atoms with E-state index in [0.717, 1.165) is 17.8 Å². The molecular formula is C21H28N2O5. The van der Waals surface area contributed by atoms with E-state index in [1.54, 1.807) is 0 Å². The summed E-state index contributed by atoms with van der Waals surface area (Å²) in [5.74, 6) is 2.86. The van der Waals surface area contributed by atoms with Gasteiger partial charge in [0.05, 0.1) is 18.1 Å². The van der Waals surface area contributed by atoms with Crippen LogP contribution in [-0.2, 0) is 4.79 Å². The average molecular weight is 388 g/mol. The first-order valence-corrected chi connectivity index (χ1v) is 10.1. The summed E-state index contributed by atoms with van der Waals surface area (Å²) < 4.78 is 10.7. The zero-order valence-electron chi connectivity index (χ0n) is 16.5. The van der Waals surface area contributed by atoms with Gasteiger partial charge in [0.25, 0.3) is 11.6 Å². The van der Waals surface area contributed by atoms with Gasteiger partial charge in [-0.3, -0.25) is 14.9 Å². The summed E-state index contributed by atoms with van der Waals surface area (Å²) in [6.07, 6.45) is 7.78. The van der Waals surface area contributed by atoms with Gasteiger partial charge in [0.1, 0.15) is 0 Å². The van der Waals surface area contributed by atoms with Crippen LogP contribution in [0, 0.1) is 33.3 Å². The van der Waals surface area contributed by atoms with Crippen LogP contribution in [0.25, 0.3) is 0 Å². The first-order chi connectivity index (χ1) is 13.4. The van der Waals surface area contributed by atoms with E-state index in [4.69, 9.17) is 9.47 Å². The number of nitro benzene ring substituents is 1. The lowest BCUT2D eigenvalue weighted by Crippen LogP contribution is -2.56. The summed E-state index contributed by atoms with van der Waals surface area (Å²) in [5, 5.41) is 14.1. The number of nitrogens with one attached hydrogen (secondary N) is 1. The normalized spacial score (nSPS) is 31.3. The molecule has 28 heavy (non-hydrogen) atoms. The van der Waals surface area contributed by atoms with Gasteiger partial charge in [-0.15, -0.1) is 0 Å². The molecule has 0 aliphatic heterocycles. The van der Waals surface area contributed by atoms with Crippen molar-refractivity contribution in [3.8, 4) is 11.5 Å². The average Bonchev–Trinajstić information content (AvgIpc) is 2.65. The first-order valence-electron chi connectivity index (χ1n) is 10.1. The lowest BCUT2D eigenvalue weighted by molar-refractivity contribution is -0.385. The molecule has 152 valence electrons. The molecule has 0 heterocycles. The van der Waals surface area contributed by atoms with Gasteiger partial charge >= 0.3 is 0 Å². The van der Waals surface area contributed by atoms with Gasteiger partial charge in [0.2, 0.25) is 0 Å². The summed E-state index contributed by atoms with van der Waals surface area (Å²) >= 11 is 0. The van der Waals surface area contributed by atoms with Gasteiger partial charge in [0.15, 0.2) is 18.1 Å². The van der Waals surface area contributed by atoms with Crippen molar-refractivity contribution in [1.82, 2.24) is 5.32 Å². The summed E-state index contributed by atoms with van der Waals surface area (Å²) in [5.41, 5.74) is 0.131. The fraction of sp³-hybridized carbons (Fsp3) is 0.667. The van der Waals surface area contributed by atoms with Crippen LogP contribution in [0.5, 0.6) is 11.5 Å². The quantitative estimate of drug-likeness (QED) is 0.568. The third-order valence-corrected chi connectivity index (χ3v) is 7.10. The van der Waals surface area contributed by atoms with Crippen molar-refractivity contribution >= 4 is 11.6 Å². The smallest absolute Gasteiger partial charge is 0.273 e. The van der Waals surface area contributed by atoms with E-state index >= 15 is 0 Å². The van der Waals surface area contributed by atoms with Crippen molar-refractivity contribution in [3.05, 3.63) is 28.3 Å². The van der Waals surface area contributed by atoms with Crippen LogP contribution >= 0.6 is 0 Å². The molecule has 4 saturated carbocycles. The third-order valence-electron chi connectivity index (χ3n) is 7.10. The summed E-state index contributed by atoms with van der Waals surface area (Å²) in [4.78, 5) is 23.0. The van der Waals surface area contributed by atoms with E-state index in [-0.39, 0.29) is 35.4 Å². The Morgan fingerprint density at radius 1 is 1.21 bits per heavy atom. The summed E-state index contributed by atoms with van der Waals surface area (Å²) in [6.45, 7) is 1.94. The van der Waals surface area contributed by atoms with Crippen LogP contribution in [0.2, 0.25) is 0 Å². The lowest BCUT2D eigenvalue weighted by atomic mass is 9.48. The van der Waals surface area contributed by atoms with Gasteiger partial charge in [-0.1, -0.05) is 0 Å². The Labute approximate surface area is 164 Å². The molecule has 7 heteroatoms. The van der Waals surface area contributed by atoms with E-state index in [0.29, 0.717) is 5.75 Å². The van der Waals surface area contributed by atoms with Crippen molar-refractivity contribution in [2.45, 2.75) is 51.5 Å². The van der Waals surface area contributed by atoms with Crippen LogP contribution in [0.4, 0.5) is 5.69 Å². The highest BCUT2D eigenvalue weighted by molar-refractivity contribution is 5.78. The maximum atomic E-state index is 12.5. The standard InChI is InChI=1S/C21H28N2O5/c1-13(21-9-14-5-15(10-21)7-16(6-14)11-21)22-20(24)12-28-19-8-17(23(25)26)3-4-18(19)27-2/h3-4,8,13-16H,5-7,9-12H2,1-2H3,(H,22,24)/t13-,14?,15?,16?,21?/m0/s1. The number of nitro groups is 1. The second-order valence-corrected chi connectivity index (χ2v) is 8.95. The lowest BCUT2D eigenvalue weighted by Gasteiger charge is -2.59. The van der Waals surface area contributed by atoms with E-state index in [2.05, 4.69) is 12.2 Å². The summed E-state index contributed by atoms with van der Waals surface area (Å²) in [6, 6.07) is 4.22. The minimum Gasteiger partial charge on any atom is -0.493 e. The largest absolute Gasteiger partial charge is 0.493 e. The summed E-state index contributed by atoms with van der Waals surface area (Å²) in [7, 11) is 1.46. The molecule has 0 spiro atoms. The number of hydrogen-bond donors (Lipinski definition) is 1. The zero-order chi connectivity index (χ0) is 19.9. The van der Waals surface area contributed by atoms with E-state index in [1.807, 2.05) is 0 Å². The molecule has 1 atom stereocenters. The topological polar surface area (TPSA) is 90.7 Å². The molecule has 4 fully saturated rings. The van der Waals surface area contributed by atoms with Crippen LogP contribution in [-0.4, -0.2) is 30.6 Å². The Hall–Kier alpha value is -2.31. The highest BCUT2D eigenvalue weighted by Gasteiger charge is 2.53. The van der Waals surface area contributed by atoms with Crippen LogP contribution < -0.4 is 14.8 Å². The third kappa shape index (κ3) is 3.54. The van der Waals surface area contributed by atoms with Crippen molar-refractivity contribution in [2.24, 2.45) is 23.2 Å². The predicted octanol–water partition coefficient (Wildman–Crippen LogP) is 3.70. The number of non-ortho nitro benzene ring substituents is 1. The molecule has 1 amide bonds. The van der Waals surface area contributed by atoms with Gasteiger partial charge in [-0.25, -0.2) is 0 Å². The molecule has 1 aromatic carbocycles. The molecule has 5 rings (SSSR count).